The van der Waals surface area contributed by atoms with Gasteiger partial charge in [-0.05, 0) is 24.3 Å². The van der Waals surface area contributed by atoms with E-state index in [0.29, 0.717) is 11.3 Å². The number of hydrogen-bond donors (Lipinski definition) is 0. The first-order chi connectivity index (χ1) is 7.43. The molecule has 1 rings (SSSR count). The molecule has 0 aliphatic carbocycles. The van der Waals surface area contributed by atoms with Crippen LogP contribution in [0.3, 0.4) is 0 Å². The van der Waals surface area contributed by atoms with Crippen molar-refractivity contribution in [3.8, 4) is 6.07 Å². The van der Waals surface area contributed by atoms with Gasteiger partial charge in [0.1, 0.15) is 0 Å². The molecule has 1 atom stereocenters. The maximum absolute atomic E-state index is 11.2. The average Bonchev–Trinajstić information content (AvgIpc) is 2.17. The monoisotopic (exact) mass is 255 g/mol. The van der Waals surface area contributed by atoms with Crippen molar-refractivity contribution < 1.29 is 8.42 Å². The van der Waals surface area contributed by atoms with Crippen molar-refractivity contribution in [1.29, 1.82) is 5.26 Å². The molecule has 0 aliphatic rings. The molecule has 1 unspecified atom stereocenters. The average molecular weight is 255 g/mol. The number of rotatable bonds is 4. The van der Waals surface area contributed by atoms with Gasteiger partial charge in [-0.3, -0.25) is 0 Å². The van der Waals surface area contributed by atoms with Crippen molar-refractivity contribution in [2.75, 3.05) is 6.26 Å². The van der Waals surface area contributed by atoms with E-state index in [1.807, 2.05) is 6.92 Å². The van der Waals surface area contributed by atoms with Gasteiger partial charge in [0.05, 0.1) is 11.0 Å². The molecule has 1 aromatic carbocycles. The number of hydrogen-bond acceptors (Lipinski definition) is 4. The predicted molar refractivity (Wildman–Crippen MR) is 65.1 cm³/mol. The van der Waals surface area contributed by atoms with Crippen LogP contribution in [0.15, 0.2) is 34.1 Å². The minimum Gasteiger partial charge on any atom is -0.224 e. The lowest BCUT2D eigenvalue weighted by molar-refractivity contribution is 0.602. The first-order valence-electron chi connectivity index (χ1n) is 4.77. The first-order valence-corrected chi connectivity index (χ1v) is 7.54. The largest absolute Gasteiger partial charge is 0.224 e. The lowest BCUT2D eigenvalue weighted by Gasteiger charge is -2.07. The van der Waals surface area contributed by atoms with Crippen LogP contribution in [0.2, 0.25) is 0 Å². The molecule has 0 bridgehead atoms. The highest BCUT2D eigenvalue weighted by Crippen LogP contribution is 2.25. The molecule has 1 aromatic rings. The fraction of sp³-hybridized carbons (Fsp3) is 0.364. The Labute approximate surface area is 100 Å². The Morgan fingerprint density at radius 2 is 1.94 bits per heavy atom. The number of thioether (sulfide) groups is 1. The Hall–Kier alpha value is -0.990. The third-order valence-electron chi connectivity index (χ3n) is 1.97. The molecule has 0 radical (unpaired) electrons. The first kappa shape index (κ1) is 13.1. The van der Waals surface area contributed by atoms with Gasteiger partial charge in [0.25, 0.3) is 0 Å². The summed E-state index contributed by atoms with van der Waals surface area (Å²) < 4.78 is 22.4. The summed E-state index contributed by atoms with van der Waals surface area (Å²) in [6, 6.07) is 8.84. The van der Waals surface area contributed by atoms with E-state index in [1.54, 1.807) is 36.0 Å². The topological polar surface area (TPSA) is 57.9 Å². The second kappa shape index (κ2) is 5.37. The van der Waals surface area contributed by atoms with E-state index in [2.05, 4.69) is 6.07 Å². The van der Waals surface area contributed by atoms with E-state index in [4.69, 9.17) is 5.26 Å². The van der Waals surface area contributed by atoms with Crippen LogP contribution in [-0.4, -0.2) is 19.9 Å². The summed E-state index contributed by atoms with van der Waals surface area (Å²) in [5.41, 5.74) is 0. The summed E-state index contributed by atoms with van der Waals surface area (Å²) in [5, 5.41) is 8.74. The second-order valence-electron chi connectivity index (χ2n) is 3.53. The molecule has 5 heteroatoms. The molecular weight excluding hydrogens is 242 g/mol. The van der Waals surface area contributed by atoms with E-state index < -0.39 is 9.84 Å². The van der Waals surface area contributed by atoms with Crippen LogP contribution in [0, 0.1) is 11.3 Å². The number of nitriles is 1. The third-order valence-corrected chi connectivity index (χ3v) is 4.21. The van der Waals surface area contributed by atoms with Crippen molar-refractivity contribution in [1.82, 2.24) is 0 Å². The summed E-state index contributed by atoms with van der Waals surface area (Å²) in [6.07, 6.45) is 1.67. The molecule has 0 fully saturated rings. The van der Waals surface area contributed by atoms with Crippen LogP contribution >= 0.6 is 11.8 Å². The Bertz CT molecular complexity index is 486. The Morgan fingerprint density at radius 1 is 1.38 bits per heavy atom. The zero-order chi connectivity index (χ0) is 12.2. The minimum absolute atomic E-state index is 0.217. The number of benzene rings is 1. The van der Waals surface area contributed by atoms with E-state index in [1.165, 1.54) is 6.26 Å². The van der Waals surface area contributed by atoms with Gasteiger partial charge in [-0.2, -0.15) is 5.26 Å². The summed E-state index contributed by atoms with van der Waals surface area (Å²) in [4.78, 5) is 1.31. The third kappa shape index (κ3) is 3.87. The van der Waals surface area contributed by atoms with Crippen molar-refractivity contribution in [2.45, 2.75) is 28.4 Å². The van der Waals surface area contributed by atoms with Gasteiger partial charge < -0.3 is 0 Å². The Kier molecular flexibility index (Phi) is 4.39. The molecule has 0 aliphatic heterocycles. The summed E-state index contributed by atoms with van der Waals surface area (Å²) in [5.74, 6) is 0. The van der Waals surface area contributed by atoms with Crippen molar-refractivity contribution in [3.63, 3.8) is 0 Å². The summed E-state index contributed by atoms with van der Waals surface area (Å²) in [6.45, 7) is 1.97. The minimum atomic E-state index is -3.12. The molecule has 0 spiro atoms. The van der Waals surface area contributed by atoms with Gasteiger partial charge >= 0.3 is 0 Å². The Balaban J connectivity index is 2.77. The quantitative estimate of drug-likeness (QED) is 0.776. The van der Waals surface area contributed by atoms with Crippen molar-refractivity contribution in [3.05, 3.63) is 24.3 Å². The molecule has 86 valence electrons. The molecule has 0 saturated heterocycles. The molecule has 16 heavy (non-hydrogen) atoms. The fourth-order valence-corrected chi connectivity index (χ4v) is 2.71. The summed E-state index contributed by atoms with van der Waals surface area (Å²) in [7, 11) is -3.12. The summed E-state index contributed by atoms with van der Waals surface area (Å²) >= 11 is 1.57. The van der Waals surface area contributed by atoms with E-state index in [-0.39, 0.29) is 5.25 Å². The highest BCUT2D eigenvalue weighted by Gasteiger charge is 2.08. The van der Waals surface area contributed by atoms with Crippen molar-refractivity contribution in [2.24, 2.45) is 0 Å². The Morgan fingerprint density at radius 3 is 2.38 bits per heavy atom. The lowest BCUT2D eigenvalue weighted by Crippen LogP contribution is -1.97. The van der Waals surface area contributed by atoms with E-state index in [9.17, 15) is 8.42 Å². The molecule has 0 saturated carbocycles. The van der Waals surface area contributed by atoms with Gasteiger partial charge in [0.15, 0.2) is 9.84 Å². The lowest BCUT2D eigenvalue weighted by atomic mass is 10.4. The van der Waals surface area contributed by atoms with E-state index in [0.717, 1.165) is 4.90 Å². The molecule has 3 nitrogen and oxygen atoms in total. The maximum atomic E-state index is 11.2. The zero-order valence-corrected chi connectivity index (χ0v) is 10.8. The van der Waals surface area contributed by atoms with Crippen LogP contribution in [0.1, 0.15) is 13.3 Å². The van der Waals surface area contributed by atoms with Crippen LogP contribution < -0.4 is 0 Å². The number of sulfone groups is 1. The number of nitrogens with zero attached hydrogens (tertiary/aromatic N) is 1. The molecular formula is C11H13NO2S2. The SMILES string of the molecule is CC(CC#N)Sc1ccc(S(C)(=O)=O)cc1. The normalized spacial score (nSPS) is 13.1. The molecule has 0 N–H and O–H groups in total. The van der Waals surface area contributed by atoms with Gasteiger partial charge in [0.2, 0.25) is 0 Å². The van der Waals surface area contributed by atoms with E-state index >= 15 is 0 Å². The zero-order valence-electron chi connectivity index (χ0n) is 9.17. The highest BCUT2D eigenvalue weighted by molar-refractivity contribution is 8.00. The van der Waals surface area contributed by atoms with Gasteiger partial charge in [-0.25, -0.2) is 8.42 Å². The molecule has 0 heterocycles. The smallest absolute Gasteiger partial charge is 0.175 e. The van der Waals surface area contributed by atoms with Gasteiger partial charge in [-0.1, -0.05) is 6.92 Å². The van der Waals surface area contributed by atoms with Crippen molar-refractivity contribution >= 4 is 21.6 Å². The standard InChI is InChI=1S/C11H13NO2S2/c1-9(7-8-12)15-10-3-5-11(6-4-10)16(2,13)14/h3-6,9H,7H2,1-2H3. The van der Waals surface area contributed by atoms with Crippen LogP contribution in [0.25, 0.3) is 0 Å². The van der Waals surface area contributed by atoms with Crippen LogP contribution in [-0.2, 0) is 9.84 Å². The molecule has 0 aromatic heterocycles. The maximum Gasteiger partial charge on any atom is 0.175 e. The second-order valence-corrected chi connectivity index (χ2v) is 7.06. The van der Waals surface area contributed by atoms with Gasteiger partial charge in [-0.15, -0.1) is 11.8 Å². The highest BCUT2D eigenvalue weighted by atomic mass is 32.2. The fourth-order valence-electron chi connectivity index (χ4n) is 1.17. The predicted octanol–water partition coefficient (Wildman–Crippen LogP) is 2.48. The van der Waals surface area contributed by atoms with Gasteiger partial charge in [0, 0.05) is 22.8 Å². The van der Waals surface area contributed by atoms with Crippen LogP contribution in [0.5, 0.6) is 0 Å². The molecule has 0 amide bonds. The van der Waals surface area contributed by atoms with Crippen LogP contribution in [0.4, 0.5) is 0 Å².